The molecular formula is C24H23F3N6O. The topological polar surface area (TPSA) is 84.7 Å². The average molecular weight is 468 g/mol. The first kappa shape index (κ1) is 23.2. The van der Waals surface area contributed by atoms with Crippen LogP contribution >= 0.6 is 0 Å². The van der Waals surface area contributed by atoms with Crippen LogP contribution in [0, 0.1) is 6.92 Å². The summed E-state index contributed by atoms with van der Waals surface area (Å²) in [6.07, 6.45) is -0.986. The number of carbonyl (C=O) groups is 1. The van der Waals surface area contributed by atoms with Gasteiger partial charge in [0.25, 0.3) is 5.91 Å². The molecule has 2 N–H and O–H groups in total. The first-order chi connectivity index (χ1) is 16.1. The molecule has 0 radical (unpaired) electrons. The van der Waals surface area contributed by atoms with Crippen LogP contribution in [0.25, 0.3) is 11.2 Å². The van der Waals surface area contributed by atoms with Crippen LogP contribution in [0.3, 0.4) is 0 Å². The van der Waals surface area contributed by atoms with E-state index < -0.39 is 17.6 Å². The van der Waals surface area contributed by atoms with Gasteiger partial charge in [-0.3, -0.25) is 9.48 Å². The van der Waals surface area contributed by atoms with Gasteiger partial charge in [0.1, 0.15) is 11.3 Å². The summed E-state index contributed by atoms with van der Waals surface area (Å²) in [7, 11) is 0. The van der Waals surface area contributed by atoms with E-state index in [4.69, 9.17) is 0 Å². The Hall–Kier alpha value is -3.95. The second-order valence-electron chi connectivity index (χ2n) is 7.92. The van der Waals surface area contributed by atoms with Crippen molar-refractivity contribution in [1.29, 1.82) is 0 Å². The van der Waals surface area contributed by atoms with E-state index in [1.807, 2.05) is 26.1 Å². The third-order valence-electron chi connectivity index (χ3n) is 5.40. The van der Waals surface area contributed by atoms with E-state index >= 15 is 0 Å². The van der Waals surface area contributed by atoms with E-state index in [1.54, 1.807) is 29.1 Å². The van der Waals surface area contributed by atoms with Crippen molar-refractivity contribution in [3.05, 3.63) is 77.1 Å². The molecule has 0 saturated carbocycles. The van der Waals surface area contributed by atoms with Gasteiger partial charge in [0.05, 0.1) is 24.0 Å². The van der Waals surface area contributed by atoms with Crippen molar-refractivity contribution in [3.8, 4) is 0 Å². The summed E-state index contributed by atoms with van der Waals surface area (Å²) < 4.78 is 40.7. The molecule has 0 fully saturated rings. The number of aryl methyl sites for hydroxylation is 2. The van der Waals surface area contributed by atoms with Crippen molar-refractivity contribution >= 4 is 28.6 Å². The lowest BCUT2D eigenvalue weighted by atomic mass is 10.0. The van der Waals surface area contributed by atoms with E-state index in [-0.39, 0.29) is 17.2 Å². The summed E-state index contributed by atoms with van der Waals surface area (Å²) in [6, 6.07) is 10.4. The van der Waals surface area contributed by atoms with Crippen LogP contribution in [0.15, 0.2) is 54.9 Å². The second kappa shape index (κ2) is 9.12. The molecule has 4 aromatic rings. The van der Waals surface area contributed by atoms with Crippen molar-refractivity contribution in [1.82, 2.24) is 19.7 Å². The van der Waals surface area contributed by atoms with Gasteiger partial charge in [0, 0.05) is 17.8 Å². The molecule has 34 heavy (non-hydrogen) atoms. The normalized spacial score (nSPS) is 12.5. The summed E-state index contributed by atoms with van der Waals surface area (Å²) in [5, 5.41) is 10.4. The fourth-order valence-corrected chi connectivity index (χ4v) is 3.59. The van der Waals surface area contributed by atoms with Crippen molar-refractivity contribution in [2.45, 2.75) is 39.5 Å². The molecule has 0 bridgehead atoms. The second-order valence-corrected chi connectivity index (χ2v) is 7.92. The number of fused-ring (bicyclic) bond motifs is 1. The van der Waals surface area contributed by atoms with Crippen molar-refractivity contribution in [2.75, 3.05) is 10.6 Å². The Morgan fingerprint density at radius 3 is 2.68 bits per heavy atom. The van der Waals surface area contributed by atoms with Gasteiger partial charge in [0.15, 0.2) is 0 Å². The minimum atomic E-state index is -4.46. The van der Waals surface area contributed by atoms with Crippen molar-refractivity contribution in [2.24, 2.45) is 0 Å². The number of amides is 1. The first-order valence-electron chi connectivity index (χ1n) is 10.7. The summed E-state index contributed by atoms with van der Waals surface area (Å²) >= 11 is 0. The van der Waals surface area contributed by atoms with Crippen LogP contribution < -0.4 is 10.6 Å². The van der Waals surface area contributed by atoms with Gasteiger partial charge in [0.2, 0.25) is 5.65 Å². The van der Waals surface area contributed by atoms with Crippen molar-refractivity contribution < 1.29 is 18.0 Å². The minimum absolute atomic E-state index is 0.00595. The number of rotatable bonds is 6. The number of hydrogen-bond acceptors (Lipinski definition) is 5. The number of halogens is 3. The zero-order chi connectivity index (χ0) is 24.5. The quantitative estimate of drug-likeness (QED) is 0.385. The third kappa shape index (κ3) is 5.00. The first-order valence-corrected chi connectivity index (χ1v) is 10.7. The molecule has 2 heterocycles. The Kier molecular flexibility index (Phi) is 6.23. The standard InChI is InChI=1S/C24H23F3N6O/c1-4-33-13-20-22(32-33)31-21(12-28-20)29-15(3)16-6-5-7-18(11-16)30-23(34)17-8-9-19(14(2)10-17)24(25,26)27/h5-13,15H,4H2,1-3H3,(H,30,34)(H,29,31,32)/t15-/m0/s1. The monoisotopic (exact) mass is 468 g/mol. The molecule has 0 aliphatic rings. The number of nitrogens with one attached hydrogen (secondary N) is 2. The van der Waals surface area contributed by atoms with Crippen LogP contribution in [0.1, 0.15) is 46.9 Å². The number of hydrogen-bond donors (Lipinski definition) is 2. The Morgan fingerprint density at radius 1 is 1.18 bits per heavy atom. The molecule has 176 valence electrons. The highest BCUT2D eigenvalue weighted by atomic mass is 19.4. The number of carbonyl (C=O) groups excluding carboxylic acids is 1. The predicted molar refractivity (Wildman–Crippen MR) is 124 cm³/mol. The molecule has 4 rings (SSSR count). The van der Waals surface area contributed by atoms with Gasteiger partial charge in [-0.05, 0) is 62.2 Å². The summed E-state index contributed by atoms with van der Waals surface area (Å²) in [4.78, 5) is 21.5. The molecule has 0 aliphatic carbocycles. The van der Waals surface area contributed by atoms with Gasteiger partial charge in [-0.25, -0.2) is 9.97 Å². The Bertz CT molecular complexity index is 1350. The molecular weight excluding hydrogens is 445 g/mol. The maximum atomic E-state index is 13.0. The minimum Gasteiger partial charge on any atom is -0.362 e. The lowest BCUT2D eigenvalue weighted by Gasteiger charge is -2.16. The predicted octanol–water partition coefficient (Wildman–Crippen LogP) is 5.60. The largest absolute Gasteiger partial charge is 0.416 e. The Labute approximate surface area is 194 Å². The SMILES string of the molecule is CCn1cc2ncc(N[C@@H](C)c3cccc(NC(=O)c4ccc(C(F)(F)F)c(C)c4)c3)nc2n1. The maximum Gasteiger partial charge on any atom is 0.416 e. The van der Waals surface area contributed by atoms with Crippen molar-refractivity contribution in [3.63, 3.8) is 0 Å². The van der Waals surface area contributed by atoms with Crippen LogP contribution in [0.5, 0.6) is 0 Å². The molecule has 0 spiro atoms. The summed E-state index contributed by atoms with van der Waals surface area (Å²) in [5.41, 5.74) is 2.05. The molecule has 0 saturated heterocycles. The fraction of sp³-hybridized carbons (Fsp3) is 0.250. The van der Waals surface area contributed by atoms with E-state index in [1.165, 1.54) is 19.1 Å². The number of benzene rings is 2. The fourth-order valence-electron chi connectivity index (χ4n) is 3.59. The molecule has 0 unspecified atom stereocenters. The smallest absolute Gasteiger partial charge is 0.362 e. The van der Waals surface area contributed by atoms with Gasteiger partial charge in [-0.15, -0.1) is 0 Å². The van der Waals surface area contributed by atoms with Gasteiger partial charge < -0.3 is 10.6 Å². The van der Waals surface area contributed by atoms with Crippen LogP contribution in [0.4, 0.5) is 24.7 Å². The van der Waals surface area contributed by atoms with Crippen LogP contribution in [-0.2, 0) is 12.7 Å². The lowest BCUT2D eigenvalue weighted by molar-refractivity contribution is -0.138. The highest BCUT2D eigenvalue weighted by Crippen LogP contribution is 2.32. The maximum absolute atomic E-state index is 13.0. The van der Waals surface area contributed by atoms with E-state index in [9.17, 15) is 18.0 Å². The van der Waals surface area contributed by atoms with E-state index in [0.29, 0.717) is 22.7 Å². The lowest BCUT2D eigenvalue weighted by Crippen LogP contribution is -2.15. The molecule has 10 heteroatoms. The van der Waals surface area contributed by atoms with E-state index in [2.05, 4.69) is 25.7 Å². The third-order valence-corrected chi connectivity index (χ3v) is 5.40. The number of nitrogens with zero attached hydrogens (tertiary/aromatic N) is 4. The highest BCUT2D eigenvalue weighted by Gasteiger charge is 2.32. The molecule has 1 atom stereocenters. The molecule has 1 amide bonds. The zero-order valence-electron chi connectivity index (χ0n) is 18.8. The zero-order valence-corrected chi connectivity index (χ0v) is 18.8. The summed E-state index contributed by atoms with van der Waals surface area (Å²) in [6.45, 7) is 5.98. The molecule has 0 aliphatic heterocycles. The summed E-state index contributed by atoms with van der Waals surface area (Å²) in [5.74, 6) is 0.0773. The Morgan fingerprint density at radius 2 is 1.97 bits per heavy atom. The van der Waals surface area contributed by atoms with Gasteiger partial charge in [-0.2, -0.15) is 18.3 Å². The average Bonchev–Trinajstić information content (AvgIpc) is 3.21. The van der Waals surface area contributed by atoms with Gasteiger partial charge in [-0.1, -0.05) is 12.1 Å². The van der Waals surface area contributed by atoms with Crippen LogP contribution in [-0.4, -0.2) is 25.7 Å². The Balaban J connectivity index is 1.47. The molecule has 2 aromatic heterocycles. The molecule has 7 nitrogen and oxygen atoms in total. The molecule has 2 aromatic carbocycles. The number of anilines is 2. The van der Waals surface area contributed by atoms with Gasteiger partial charge >= 0.3 is 6.18 Å². The number of aromatic nitrogens is 4. The number of alkyl halides is 3. The highest BCUT2D eigenvalue weighted by molar-refractivity contribution is 6.04. The van der Waals surface area contributed by atoms with Crippen LogP contribution in [0.2, 0.25) is 0 Å². The van der Waals surface area contributed by atoms with E-state index in [0.717, 1.165) is 18.2 Å².